The summed E-state index contributed by atoms with van der Waals surface area (Å²) in [6, 6.07) is 0. The lowest BCUT2D eigenvalue weighted by molar-refractivity contribution is 0.0499. The maximum absolute atomic E-state index is 12.5. The second-order valence-corrected chi connectivity index (χ2v) is 6.44. The molecule has 6 nitrogen and oxygen atoms in total. The SMILES string of the molecule is CCN(C)c1nc(N)c(C(=O)N(C)CC2CCOCC2)s1. The fourth-order valence-corrected chi connectivity index (χ4v) is 3.35. The molecule has 0 radical (unpaired) electrons. The molecule has 1 aromatic rings. The number of amides is 1. The molecule has 21 heavy (non-hydrogen) atoms. The Morgan fingerprint density at radius 2 is 2.10 bits per heavy atom. The monoisotopic (exact) mass is 312 g/mol. The van der Waals surface area contributed by atoms with Gasteiger partial charge >= 0.3 is 0 Å². The van der Waals surface area contributed by atoms with E-state index in [1.807, 2.05) is 25.9 Å². The van der Waals surface area contributed by atoms with Crippen molar-refractivity contribution in [3.63, 3.8) is 0 Å². The van der Waals surface area contributed by atoms with Crippen molar-refractivity contribution in [1.29, 1.82) is 0 Å². The third kappa shape index (κ3) is 3.85. The van der Waals surface area contributed by atoms with Gasteiger partial charge in [-0.15, -0.1) is 0 Å². The van der Waals surface area contributed by atoms with Crippen LogP contribution in [0.4, 0.5) is 10.9 Å². The van der Waals surface area contributed by atoms with Crippen molar-refractivity contribution in [2.24, 2.45) is 5.92 Å². The maximum atomic E-state index is 12.5. The first-order valence-electron chi connectivity index (χ1n) is 7.33. The van der Waals surface area contributed by atoms with E-state index >= 15 is 0 Å². The lowest BCUT2D eigenvalue weighted by Gasteiger charge is -2.26. The number of nitrogens with two attached hydrogens (primary N) is 1. The van der Waals surface area contributed by atoms with Crippen molar-refractivity contribution in [2.45, 2.75) is 19.8 Å². The summed E-state index contributed by atoms with van der Waals surface area (Å²) in [6.07, 6.45) is 2.03. The van der Waals surface area contributed by atoms with Crippen LogP contribution in [0.1, 0.15) is 29.4 Å². The molecule has 0 spiro atoms. The van der Waals surface area contributed by atoms with Crippen LogP contribution >= 0.6 is 11.3 Å². The standard InChI is InChI=1S/C14H24N4O2S/c1-4-17(2)14-16-12(15)11(21-14)13(19)18(3)9-10-5-7-20-8-6-10/h10H,4-9,15H2,1-3H3. The van der Waals surface area contributed by atoms with Crippen molar-refractivity contribution in [3.8, 4) is 0 Å². The average molecular weight is 312 g/mol. The molecule has 1 fully saturated rings. The first-order chi connectivity index (χ1) is 10.0. The van der Waals surface area contributed by atoms with E-state index < -0.39 is 0 Å². The number of nitrogen functional groups attached to an aromatic ring is 1. The van der Waals surface area contributed by atoms with Crippen LogP contribution in [-0.2, 0) is 4.74 Å². The van der Waals surface area contributed by atoms with Crippen LogP contribution in [0.3, 0.4) is 0 Å². The molecule has 1 aromatic heterocycles. The van der Waals surface area contributed by atoms with E-state index in [0.29, 0.717) is 16.6 Å². The Bertz CT molecular complexity index is 485. The number of hydrogen-bond acceptors (Lipinski definition) is 6. The van der Waals surface area contributed by atoms with Crippen LogP contribution in [-0.4, -0.2) is 56.2 Å². The van der Waals surface area contributed by atoms with E-state index in [0.717, 1.165) is 44.3 Å². The van der Waals surface area contributed by atoms with E-state index in [9.17, 15) is 4.79 Å². The highest BCUT2D eigenvalue weighted by molar-refractivity contribution is 7.18. The van der Waals surface area contributed by atoms with Crippen LogP contribution in [0.2, 0.25) is 0 Å². The molecule has 2 heterocycles. The van der Waals surface area contributed by atoms with Crippen molar-refractivity contribution < 1.29 is 9.53 Å². The Morgan fingerprint density at radius 3 is 2.71 bits per heavy atom. The van der Waals surface area contributed by atoms with Gasteiger partial charge in [0.05, 0.1) is 0 Å². The van der Waals surface area contributed by atoms with Gasteiger partial charge in [0.1, 0.15) is 10.7 Å². The van der Waals surface area contributed by atoms with Crippen molar-refractivity contribution in [2.75, 3.05) is 51.0 Å². The van der Waals surface area contributed by atoms with Crippen LogP contribution in [0.25, 0.3) is 0 Å². The molecule has 118 valence electrons. The molecule has 0 unspecified atom stereocenters. The van der Waals surface area contributed by atoms with E-state index in [1.54, 1.807) is 4.90 Å². The Labute approximate surface area is 129 Å². The molecule has 0 bridgehead atoms. The molecule has 0 aromatic carbocycles. The van der Waals surface area contributed by atoms with Crippen LogP contribution in [0.15, 0.2) is 0 Å². The van der Waals surface area contributed by atoms with Gasteiger partial charge in [0.15, 0.2) is 5.13 Å². The molecular formula is C14H24N4O2S. The van der Waals surface area contributed by atoms with Crippen LogP contribution < -0.4 is 10.6 Å². The average Bonchev–Trinajstić information content (AvgIpc) is 2.88. The Balaban J connectivity index is 2.02. The van der Waals surface area contributed by atoms with Crippen molar-refractivity contribution in [3.05, 3.63) is 4.88 Å². The fourth-order valence-electron chi connectivity index (χ4n) is 2.34. The summed E-state index contributed by atoms with van der Waals surface area (Å²) in [5.74, 6) is 0.811. The summed E-state index contributed by atoms with van der Waals surface area (Å²) < 4.78 is 5.35. The van der Waals surface area contributed by atoms with Crippen molar-refractivity contribution >= 4 is 28.2 Å². The fraction of sp³-hybridized carbons (Fsp3) is 0.714. The molecule has 2 rings (SSSR count). The number of thiazole rings is 1. The van der Waals surface area contributed by atoms with Crippen LogP contribution in [0.5, 0.6) is 0 Å². The number of rotatable bonds is 5. The predicted molar refractivity (Wildman–Crippen MR) is 86.0 cm³/mol. The number of nitrogens with zero attached hydrogens (tertiary/aromatic N) is 3. The zero-order valence-electron chi connectivity index (χ0n) is 13.0. The Morgan fingerprint density at radius 1 is 1.43 bits per heavy atom. The highest BCUT2D eigenvalue weighted by Crippen LogP contribution is 2.28. The smallest absolute Gasteiger partial charge is 0.267 e. The number of ether oxygens (including phenoxy) is 1. The van der Waals surface area contributed by atoms with Gasteiger partial charge in [0, 0.05) is 40.4 Å². The summed E-state index contributed by atoms with van der Waals surface area (Å²) in [5, 5.41) is 0.790. The quantitative estimate of drug-likeness (QED) is 0.895. The zero-order valence-corrected chi connectivity index (χ0v) is 13.8. The van der Waals surface area contributed by atoms with Gasteiger partial charge in [0.25, 0.3) is 5.91 Å². The van der Waals surface area contributed by atoms with Gasteiger partial charge in [-0.2, -0.15) is 0 Å². The minimum atomic E-state index is -0.0350. The van der Waals surface area contributed by atoms with Gasteiger partial charge in [-0.3, -0.25) is 4.79 Å². The summed E-state index contributed by atoms with van der Waals surface area (Å²) in [6.45, 7) is 5.20. The van der Waals surface area contributed by atoms with E-state index in [4.69, 9.17) is 10.5 Å². The third-order valence-electron chi connectivity index (χ3n) is 3.86. The number of carbonyl (C=O) groups excluding carboxylic acids is 1. The molecule has 1 aliphatic rings. The van der Waals surface area contributed by atoms with E-state index in [-0.39, 0.29) is 5.91 Å². The first kappa shape index (κ1) is 16.0. The highest BCUT2D eigenvalue weighted by atomic mass is 32.1. The second kappa shape index (κ2) is 7.09. The molecule has 0 saturated carbocycles. The molecule has 1 amide bonds. The third-order valence-corrected chi connectivity index (χ3v) is 5.03. The van der Waals surface area contributed by atoms with Gasteiger partial charge in [-0.05, 0) is 25.7 Å². The Kier molecular flexibility index (Phi) is 5.41. The largest absolute Gasteiger partial charge is 0.382 e. The molecule has 1 saturated heterocycles. The molecule has 7 heteroatoms. The molecular weight excluding hydrogens is 288 g/mol. The predicted octanol–water partition coefficient (Wildman–Crippen LogP) is 1.68. The lowest BCUT2D eigenvalue weighted by atomic mass is 10.00. The first-order valence-corrected chi connectivity index (χ1v) is 8.15. The van der Waals surface area contributed by atoms with Gasteiger partial charge < -0.3 is 20.3 Å². The zero-order chi connectivity index (χ0) is 15.4. The Hall–Kier alpha value is -1.34. The normalized spacial score (nSPS) is 16.0. The number of carbonyl (C=O) groups is 1. The number of anilines is 2. The topological polar surface area (TPSA) is 71.7 Å². The van der Waals surface area contributed by atoms with Gasteiger partial charge in [-0.25, -0.2) is 4.98 Å². The van der Waals surface area contributed by atoms with Crippen LogP contribution in [0, 0.1) is 5.92 Å². The minimum absolute atomic E-state index is 0.0350. The number of hydrogen-bond donors (Lipinski definition) is 1. The van der Waals surface area contributed by atoms with Gasteiger partial charge in [0.2, 0.25) is 0 Å². The van der Waals surface area contributed by atoms with E-state index in [2.05, 4.69) is 4.98 Å². The summed E-state index contributed by atoms with van der Waals surface area (Å²) in [5.41, 5.74) is 5.91. The van der Waals surface area contributed by atoms with E-state index in [1.165, 1.54) is 11.3 Å². The number of aromatic nitrogens is 1. The van der Waals surface area contributed by atoms with Crippen molar-refractivity contribution in [1.82, 2.24) is 9.88 Å². The molecule has 0 aliphatic carbocycles. The maximum Gasteiger partial charge on any atom is 0.267 e. The summed E-state index contributed by atoms with van der Waals surface area (Å²) in [7, 11) is 3.78. The summed E-state index contributed by atoms with van der Waals surface area (Å²) in [4.78, 5) is 21.1. The molecule has 1 aliphatic heterocycles. The second-order valence-electron chi connectivity index (χ2n) is 5.47. The minimum Gasteiger partial charge on any atom is -0.382 e. The molecule has 2 N–H and O–H groups in total. The highest BCUT2D eigenvalue weighted by Gasteiger charge is 2.23. The molecule has 0 atom stereocenters. The van der Waals surface area contributed by atoms with Gasteiger partial charge in [-0.1, -0.05) is 11.3 Å². The summed E-state index contributed by atoms with van der Waals surface area (Å²) >= 11 is 1.36. The lowest BCUT2D eigenvalue weighted by Crippen LogP contribution is -2.34.